The van der Waals surface area contributed by atoms with Crippen LogP contribution in [-0.2, 0) is 6.18 Å². The first-order chi connectivity index (χ1) is 11.1. The van der Waals surface area contributed by atoms with Crippen molar-refractivity contribution in [2.45, 2.75) is 82.9 Å². The fourth-order valence-electron chi connectivity index (χ4n) is 3.16. The molecule has 0 N–H and O–H groups in total. The van der Waals surface area contributed by atoms with Crippen LogP contribution in [0.5, 0.6) is 5.75 Å². The van der Waals surface area contributed by atoms with Crippen LogP contribution in [0.2, 0.25) is 0 Å². The normalized spacial score (nSPS) is 19.6. The average molecular weight is 328 g/mol. The van der Waals surface area contributed by atoms with Gasteiger partial charge < -0.3 is 4.74 Å². The van der Waals surface area contributed by atoms with Gasteiger partial charge in [0.25, 0.3) is 0 Å². The molecular formula is C19H27F3O. The molecule has 1 aromatic rings. The Morgan fingerprint density at radius 2 is 1.13 bits per heavy atom. The minimum atomic E-state index is -4.29. The molecule has 0 radical (unpaired) electrons. The molecule has 0 heterocycles. The van der Waals surface area contributed by atoms with E-state index in [0.717, 1.165) is 37.8 Å². The lowest BCUT2D eigenvalue weighted by Crippen LogP contribution is -2.17. The topological polar surface area (TPSA) is 9.23 Å². The van der Waals surface area contributed by atoms with Crippen LogP contribution in [0.1, 0.15) is 76.2 Å². The monoisotopic (exact) mass is 328 g/mol. The highest BCUT2D eigenvalue weighted by atomic mass is 19.4. The van der Waals surface area contributed by atoms with Crippen LogP contribution in [0.3, 0.4) is 0 Å². The molecule has 0 aromatic heterocycles. The Morgan fingerprint density at radius 3 is 1.57 bits per heavy atom. The summed E-state index contributed by atoms with van der Waals surface area (Å²) in [6.45, 7) is 0. The Kier molecular flexibility index (Phi) is 7.25. The molecule has 1 saturated carbocycles. The van der Waals surface area contributed by atoms with E-state index in [1.165, 1.54) is 57.1 Å². The zero-order chi connectivity index (χ0) is 16.5. The van der Waals surface area contributed by atoms with Gasteiger partial charge in [-0.15, -0.1) is 0 Å². The highest BCUT2D eigenvalue weighted by molar-refractivity contribution is 5.29. The van der Waals surface area contributed by atoms with E-state index < -0.39 is 11.7 Å². The summed E-state index contributed by atoms with van der Waals surface area (Å²) in [6, 6.07) is 5.09. The van der Waals surface area contributed by atoms with Crippen molar-refractivity contribution in [3.8, 4) is 5.75 Å². The van der Waals surface area contributed by atoms with Gasteiger partial charge in [0.1, 0.15) is 5.75 Å². The van der Waals surface area contributed by atoms with E-state index in [-0.39, 0.29) is 6.10 Å². The van der Waals surface area contributed by atoms with E-state index in [2.05, 4.69) is 0 Å². The van der Waals surface area contributed by atoms with Gasteiger partial charge in [-0.1, -0.05) is 44.9 Å². The first kappa shape index (κ1) is 18.2. The molecule has 0 amide bonds. The fourth-order valence-corrected chi connectivity index (χ4v) is 3.16. The van der Waals surface area contributed by atoms with E-state index >= 15 is 0 Å². The Morgan fingerprint density at radius 1 is 0.696 bits per heavy atom. The summed E-state index contributed by atoms with van der Waals surface area (Å²) in [6.07, 6.45) is 9.16. The maximum atomic E-state index is 12.6. The number of benzene rings is 1. The van der Waals surface area contributed by atoms with Crippen molar-refractivity contribution < 1.29 is 17.9 Å². The summed E-state index contributed by atoms with van der Waals surface area (Å²) in [4.78, 5) is 0. The first-order valence-corrected chi connectivity index (χ1v) is 8.89. The minimum Gasteiger partial charge on any atom is -0.490 e. The molecule has 0 atom stereocenters. The molecule has 0 spiro atoms. The van der Waals surface area contributed by atoms with Crippen molar-refractivity contribution in [1.29, 1.82) is 0 Å². The third-order valence-corrected chi connectivity index (χ3v) is 4.54. The van der Waals surface area contributed by atoms with E-state index in [1.807, 2.05) is 0 Å². The zero-order valence-electron chi connectivity index (χ0n) is 13.7. The maximum absolute atomic E-state index is 12.6. The van der Waals surface area contributed by atoms with Crippen molar-refractivity contribution >= 4 is 0 Å². The third-order valence-electron chi connectivity index (χ3n) is 4.54. The maximum Gasteiger partial charge on any atom is 0.416 e. The van der Waals surface area contributed by atoms with Crippen LogP contribution in [0.4, 0.5) is 13.2 Å². The van der Waals surface area contributed by atoms with Gasteiger partial charge in [0.15, 0.2) is 0 Å². The molecule has 0 aliphatic heterocycles. The highest BCUT2D eigenvalue weighted by Crippen LogP contribution is 2.31. The largest absolute Gasteiger partial charge is 0.490 e. The van der Waals surface area contributed by atoms with Crippen molar-refractivity contribution in [2.75, 3.05) is 0 Å². The molecule has 1 aliphatic rings. The van der Waals surface area contributed by atoms with Crippen LogP contribution >= 0.6 is 0 Å². The van der Waals surface area contributed by atoms with E-state index in [0.29, 0.717) is 5.75 Å². The minimum absolute atomic E-state index is 0.131. The Hall–Kier alpha value is -1.19. The lowest BCUT2D eigenvalue weighted by atomic mass is 9.99. The molecule has 0 unspecified atom stereocenters. The van der Waals surface area contributed by atoms with Gasteiger partial charge >= 0.3 is 6.18 Å². The summed E-state index contributed by atoms with van der Waals surface area (Å²) in [5, 5.41) is 0. The van der Waals surface area contributed by atoms with Crippen LogP contribution in [0.15, 0.2) is 24.3 Å². The van der Waals surface area contributed by atoms with Crippen molar-refractivity contribution in [2.24, 2.45) is 0 Å². The molecular weight excluding hydrogens is 301 g/mol. The molecule has 130 valence electrons. The molecule has 1 nitrogen and oxygen atoms in total. The predicted molar refractivity (Wildman–Crippen MR) is 86.6 cm³/mol. The van der Waals surface area contributed by atoms with Crippen LogP contribution in [0, 0.1) is 0 Å². The van der Waals surface area contributed by atoms with Crippen molar-refractivity contribution in [3.63, 3.8) is 0 Å². The van der Waals surface area contributed by atoms with Crippen LogP contribution in [-0.4, -0.2) is 6.10 Å². The van der Waals surface area contributed by atoms with Gasteiger partial charge in [-0.05, 0) is 49.9 Å². The summed E-state index contributed by atoms with van der Waals surface area (Å²) in [5.74, 6) is 0.551. The Balaban J connectivity index is 1.89. The second-order valence-electron chi connectivity index (χ2n) is 6.52. The number of hydrogen-bond acceptors (Lipinski definition) is 1. The van der Waals surface area contributed by atoms with Gasteiger partial charge in [-0.2, -0.15) is 13.2 Å². The zero-order valence-corrected chi connectivity index (χ0v) is 13.7. The van der Waals surface area contributed by atoms with E-state index in [1.54, 1.807) is 0 Å². The molecule has 1 aliphatic carbocycles. The molecule has 0 bridgehead atoms. The number of halogens is 3. The summed E-state index contributed by atoms with van der Waals surface area (Å²) in [7, 11) is 0. The quantitative estimate of drug-likeness (QED) is 0.583. The lowest BCUT2D eigenvalue weighted by Gasteiger charge is -2.20. The summed E-state index contributed by atoms with van der Waals surface area (Å²) < 4.78 is 43.7. The molecule has 1 aromatic carbocycles. The third kappa shape index (κ3) is 6.84. The first-order valence-electron chi connectivity index (χ1n) is 8.89. The Bertz CT molecular complexity index is 427. The SMILES string of the molecule is FC(F)(F)c1ccc(OC2CCCCCCCCCCC2)cc1. The predicted octanol–water partition coefficient (Wildman–Crippen LogP) is 6.76. The second kappa shape index (κ2) is 9.19. The van der Waals surface area contributed by atoms with Crippen molar-refractivity contribution in [3.05, 3.63) is 29.8 Å². The van der Waals surface area contributed by atoms with Gasteiger partial charge in [0.2, 0.25) is 0 Å². The van der Waals surface area contributed by atoms with Crippen LogP contribution in [0.25, 0.3) is 0 Å². The number of hydrogen-bond donors (Lipinski definition) is 0. The van der Waals surface area contributed by atoms with Crippen molar-refractivity contribution in [1.82, 2.24) is 0 Å². The molecule has 1 fully saturated rings. The number of ether oxygens (including phenoxy) is 1. The summed E-state index contributed by atoms with van der Waals surface area (Å²) in [5.41, 5.74) is -0.622. The van der Waals surface area contributed by atoms with E-state index in [9.17, 15) is 13.2 Å². The highest BCUT2D eigenvalue weighted by Gasteiger charge is 2.30. The number of alkyl halides is 3. The van der Waals surface area contributed by atoms with Gasteiger partial charge in [-0.25, -0.2) is 0 Å². The smallest absolute Gasteiger partial charge is 0.416 e. The Labute approximate surface area is 137 Å². The second-order valence-corrected chi connectivity index (χ2v) is 6.52. The average Bonchev–Trinajstić information content (AvgIpc) is 2.49. The molecule has 23 heavy (non-hydrogen) atoms. The van der Waals surface area contributed by atoms with E-state index in [4.69, 9.17) is 4.74 Å². The lowest BCUT2D eigenvalue weighted by molar-refractivity contribution is -0.137. The van der Waals surface area contributed by atoms with Crippen LogP contribution < -0.4 is 4.74 Å². The number of rotatable bonds is 2. The summed E-state index contributed by atoms with van der Waals surface area (Å²) >= 11 is 0. The molecule has 4 heteroatoms. The van der Waals surface area contributed by atoms with Gasteiger partial charge in [0, 0.05) is 0 Å². The molecule has 2 rings (SSSR count). The standard InChI is InChI=1S/C19H27F3O/c20-19(21,22)16-12-14-18(15-13-16)23-17-10-8-6-4-2-1-3-5-7-9-11-17/h12-15,17H,1-11H2. The molecule has 0 saturated heterocycles. The van der Waals surface area contributed by atoms with Gasteiger partial charge in [-0.3, -0.25) is 0 Å². The van der Waals surface area contributed by atoms with Gasteiger partial charge in [0.05, 0.1) is 11.7 Å². The fraction of sp³-hybridized carbons (Fsp3) is 0.684.